The maximum absolute atomic E-state index is 11.5. The van der Waals surface area contributed by atoms with Crippen LogP contribution in [0.3, 0.4) is 0 Å². The number of rotatable bonds is 5. The minimum absolute atomic E-state index is 0.569. The van der Waals surface area contributed by atoms with Crippen LogP contribution in [0.2, 0.25) is 0 Å². The van der Waals surface area contributed by atoms with Crippen molar-refractivity contribution in [2.75, 3.05) is 6.54 Å². The first-order valence-corrected chi connectivity index (χ1v) is 6.70. The fourth-order valence-corrected chi connectivity index (χ4v) is 2.51. The lowest BCUT2D eigenvalue weighted by molar-refractivity contribution is 0.579. The van der Waals surface area contributed by atoms with Gasteiger partial charge in [0.1, 0.15) is 0 Å². The molecule has 0 spiro atoms. The predicted octanol–water partition coefficient (Wildman–Crippen LogP) is 2.61. The lowest BCUT2D eigenvalue weighted by Gasteiger charge is -2.10. The summed E-state index contributed by atoms with van der Waals surface area (Å²) in [6, 6.07) is 7.89. The zero-order valence-corrected chi connectivity index (χ0v) is 10.5. The van der Waals surface area contributed by atoms with E-state index in [1.807, 2.05) is 24.3 Å². The summed E-state index contributed by atoms with van der Waals surface area (Å²) in [6.07, 6.45) is 1.00. The van der Waals surface area contributed by atoms with Crippen LogP contribution < -0.4 is 4.72 Å². The molecule has 1 aromatic carbocycles. The van der Waals surface area contributed by atoms with E-state index in [9.17, 15) is 4.55 Å². The molecule has 4 heteroatoms. The van der Waals surface area contributed by atoms with Crippen LogP contribution >= 0.6 is 15.9 Å². The topological polar surface area (TPSA) is 35.1 Å². The van der Waals surface area contributed by atoms with Gasteiger partial charge in [-0.3, -0.25) is 0 Å². The first kappa shape index (κ1) is 12.0. The zero-order chi connectivity index (χ0) is 10.4. The maximum atomic E-state index is 11.5. The highest BCUT2D eigenvalue weighted by Crippen LogP contribution is 2.13. The third-order valence-corrected chi connectivity index (χ3v) is 3.31. The monoisotopic (exact) mass is 275 g/mol. The van der Waals surface area contributed by atoms with Gasteiger partial charge in [-0.05, 0) is 18.6 Å². The highest BCUT2D eigenvalue weighted by atomic mass is 79.9. The van der Waals surface area contributed by atoms with E-state index >= 15 is 0 Å². The molecular formula is C10H14BrNOS. The van der Waals surface area contributed by atoms with Crippen molar-refractivity contribution in [3.8, 4) is 0 Å². The molecule has 1 unspecified atom stereocenters. The molecule has 78 valence electrons. The molecule has 0 saturated carbocycles. The minimum atomic E-state index is -0.950. The Morgan fingerprint density at radius 1 is 1.50 bits per heavy atom. The van der Waals surface area contributed by atoms with E-state index in [1.54, 1.807) is 0 Å². The van der Waals surface area contributed by atoms with Gasteiger partial charge in [0, 0.05) is 27.9 Å². The van der Waals surface area contributed by atoms with Gasteiger partial charge in [-0.2, -0.15) is 0 Å². The standard InChI is InChI=1S/C10H14BrNOS/c1-2-6-12-14(13)8-9-4-3-5-10(11)7-9/h3-5,7,12H,2,6,8H2,1H3. The summed E-state index contributed by atoms with van der Waals surface area (Å²) >= 11 is 2.44. The highest BCUT2D eigenvalue weighted by Gasteiger charge is 2.06. The molecule has 14 heavy (non-hydrogen) atoms. The second kappa shape index (κ2) is 6.45. The van der Waals surface area contributed by atoms with E-state index in [1.165, 1.54) is 0 Å². The lowest BCUT2D eigenvalue weighted by Crippen LogP contribution is -2.25. The third kappa shape index (κ3) is 4.46. The molecule has 1 atom stereocenters. The van der Waals surface area contributed by atoms with E-state index in [-0.39, 0.29) is 0 Å². The van der Waals surface area contributed by atoms with Crippen LogP contribution in [0, 0.1) is 0 Å². The number of benzene rings is 1. The van der Waals surface area contributed by atoms with E-state index in [2.05, 4.69) is 27.6 Å². The number of halogens is 1. The Hall–Kier alpha value is -0.0300. The number of nitrogens with one attached hydrogen (secondary N) is 1. The molecule has 0 aliphatic heterocycles. The summed E-state index contributed by atoms with van der Waals surface area (Å²) in [6.45, 7) is 2.86. The van der Waals surface area contributed by atoms with Gasteiger partial charge in [-0.1, -0.05) is 35.0 Å². The predicted molar refractivity (Wildman–Crippen MR) is 64.3 cm³/mol. The van der Waals surface area contributed by atoms with Gasteiger partial charge in [-0.15, -0.1) is 4.72 Å². The van der Waals surface area contributed by atoms with Gasteiger partial charge in [0.25, 0.3) is 0 Å². The van der Waals surface area contributed by atoms with Crippen molar-refractivity contribution in [1.29, 1.82) is 0 Å². The summed E-state index contributed by atoms with van der Waals surface area (Å²) in [4.78, 5) is 0. The SMILES string of the molecule is CCCN[S+]([O-])Cc1cccc(Br)c1. The molecule has 0 amide bonds. The fraction of sp³-hybridized carbons (Fsp3) is 0.400. The van der Waals surface area contributed by atoms with E-state index in [0.29, 0.717) is 5.75 Å². The molecule has 0 aliphatic rings. The summed E-state index contributed by atoms with van der Waals surface area (Å²) in [5.41, 5.74) is 1.08. The Balaban J connectivity index is 2.43. The zero-order valence-electron chi connectivity index (χ0n) is 8.13. The van der Waals surface area contributed by atoms with Crippen LogP contribution in [0.4, 0.5) is 0 Å². The van der Waals surface area contributed by atoms with Crippen LogP contribution in [0.15, 0.2) is 28.7 Å². The Morgan fingerprint density at radius 2 is 2.29 bits per heavy atom. The Bertz CT molecular complexity index is 283. The highest BCUT2D eigenvalue weighted by molar-refractivity contribution is 9.10. The molecule has 0 bridgehead atoms. The van der Waals surface area contributed by atoms with Crippen molar-refractivity contribution in [3.63, 3.8) is 0 Å². The van der Waals surface area contributed by atoms with Crippen molar-refractivity contribution in [3.05, 3.63) is 34.3 Å². The summed E-state index contributed by atoms with van der Waals surface area (Å²) in [5.74, 6) is 0.569. The van der Waals surface area contributed by atoms with Crippen molar-refractivity contribution >= 4 is 27.3 Å². The molecule has 0 aliphatic carbocycles. The van der Waals surface area contributed by atoms with E-state index < -0.39 is 11.4 Å². The van der Waals surface area contributed by atoms with Crippen LogP contribution in [0.5, 0.6) is 0 Å². The first-order chi connectivity index (χ1) is 6.72. The second-order valence-corrected chi connectivity index (χ2v) is 5.20. The average Bonchev–Trinajstić information content (AvgIpc) is 2.15. The van der Waals surface area contributed by atoms with Crippen LogP contribution in [0.1, 0.15) is 18.9 Å². The number of hydrogen-bond donors (Lipinski definition) is 1. The van der Waals surface area contributed by atoms with Crippen LogP contribution in [0.25, 0.3) is 0 Å². The smallest absolute Gasteiger partial charge is 0.150 e. The normalized spacial score (nSPS) is 12.8. The van der Waals surface area contributed by atoms with Crippen molar-refractivity contribution < 1.29 is 4.55 Å². The summed E-state index contributed by atoms with van der Waals surface area (Å²) in [7, 11) is 0. The Morgan fingerprint density at radius 3 is 2.93 bits per heavy atom. The van der Waals surface area contributed by atoms with Gasteiger partial charge in [0.2, 0.25) is 0 Å². The van der Waals surface area contributed by atoms with Gasteiger partial charge >= 0.3 is 0 Å². The van der Waals surface area contributed by atoms with Crippen molar-refractivity contribution in [2.24, 2.45) is 0 Å². The molecule has 1 aromatic rings. The molecular weight excluding hydrogens is 262 g/mol. The Labute approximate surface area is 96.5 Å². The molecule has 0 fully saturated rings. The van der Waals surface area contributed by atoms with Gasteiger partial charge < -0.3 is 4.55 Å². The van der Waals surface area contributed by atoms with Gasteiger partial charge in [0.15, 0.2) is 5.75 Å². The third-order valence-electron chi connectivity index (χ3n) is 1.70. The quantitative estimate of drug-likeness (QED) is 0.839. The first-order valence-electron chi connectivity index (χ1n) is 4.58. The largest absolute Gasteiger partial charge is 0.598 e. The van der Waals surface area contributed by atoms with Crippen molar-refractivity contribution in [1.82, 2.24) is 4.72 Å². The molecule has 0 heterocycles. The van der Waals surface area contributed by atoms with Crippen molar-refractivity contribution in [2.45, 2.75) is 19.1 Å². The second-order valence-electron chi connectivity index (χ2n) is 3.01. The lowest BCUT2D eigenvalue weighted by atomic mass is 10.2. The molecule has 1 N–H and O–H groups in total. The van der Waals surface area contributed by atoms with Gasteiger partial charge in [-0.25, -0.2) is 0 Å². The minimum Gasteiger partial charge on any atom is -0.598 e. The van der Waals surface area contributed by atoms with Crippen LogP contribution in [-0.2, 0) is 17.1 Å². The molecule has 1 rings (SSSR count). The Kier molecular flexibility index (Phi) is 5.55. The van der Waals surface area contributed by atoms with Crippen LogP contribution in [-0.4, -0.2) is 11.1 Å². The maximum Gasteiger partial charge on any atom is 0.150 e. The average molecular weight is 276 g/mol. The summed E-state index contributed by atoms with van der Waals surface area (Å²) in [5, 5.41) is 0. The molecule has 0 saturated heterocycles. The van der Waals surface area contributed by atoms with Gasteiger partial charge in [0.05, 0.1) is 0 Å². The van der Waals surface area contributed by atoms with E-state index in [4.69, 9.17) is 0 Å². The van der Waals surface area contributed by atoms with E-state index in [0.717, 1.165) is 23.0 Å². The summed E-state index contributed by atoms with van der Waals surface area (Å²) < 4.78 is 15.5. The molecule has 2 nitrogen and oxygen atoms in total. The fourth-order valence-electron chi connectivity index (χ4n) is 1.05. The molecule has 0 radical (unpaired) electrons. The molecule has 0 aromatic heterocycles. The number of hydrogen-bond acceptors (Lipinski definition) is 2.